The minimum absolute atomic E-state index is 0.149. The molecule has 0 spiro atoms. The molecule has 1 saturated carbocycles. The summed E-state index contributed by atoms with van der Waals surface area (Å²) in [4.78, 5) is 12.2. The maximum Gasteiger partial charge on any atom is 0.253 e. The molecule has 1 amide bonds. The molecule has 2 fully saturated rings. The standard InChI is InChI=1S/C12H15BrN2O3S2/c13-10-5-6-11(19-10)20(17,18)15-7-1-2-9(15)12(16)14-8-3-4-8/h5-6,8-9H,1-4,7H2,(H,14,16). The number of halogens is 1. The average Bonchev–Trinajstić information content (AvgIpc) is 2.92. The lowest BCUT2D eigenvalue weighted by molar-refractivity contribution is -0.124. The molecular formula is C12H15BrN2O3S2. The summed E-state index contributed by atoms with van der Waals surface area (Å²) in [5, 5.41) is 2.90. The third-order valence-electron chi connectivity index (χ3n) is 3.54. The van der Waals surface area contributed by atoms with E-state index >= 15 is 0 Å². The molecule has 0 bridgehead atoms. The van der Waals surface area contributed by atoms with Crippen molar-refractivity contribution in [1.82, 2.24) is 9.62 Å². The van der Waals surface area contributed by atoms with Gasteiger partial charge in [-0.25, -0.2) is 8.42 Å². The first-order valence-corrected chi connectivity index (χ1v) is 9.61. The Bertz CT molecular complexity index is 624. The van der Waals surface area contributed by atoms with E-state index in [2.05, 4.69) is 21.2 Å². The molecule has 1 aliphatic carbocycles. The molecule has 1 aromatic rings. The summed E-state index contributed by atoms with van der Waals surface area (Å²) in [7, 11) is -3.57. The minimum Gasteiger partial charge on any atom is -0.352 e. The van der Waals surface area contributed by atoms with Gasteiger partial charge < -0.3 is 5.32 Å². The number of hydrogen-bond acceptors (Lipinski definition) is 4. The Labute approximate surface area is 130 Å². The van der Waals surface area contributed by atoms with Crippen LogP contribution < -0.4 is 5.32 Å². The molecule has 0 aromatic carbocycles. The monoisotopic (exact) mass is 378 g/mol. The maximum absolute atomic E-state index is 12.6. The van der Waals surface area contributed by atoms with Crippen LogP contribution in [0.5, 0.6) is 0 Å². The average molecular weight is 379 g/mol. The summed E-state index contributed by atoms with van der Waals surface area (Å²) in [6, 6.07) is 3.00. The van der Waals surface area contributed by atoms with Gasteiger partial charge in [0.25, 0.3) is 10.0 Å². The predicted molar refractivity (Wildman–Crippen MR) is 80.1 cm³/mol. The van der Waals surface area contributed by atoms with Gasteiger partial charge in [-0.1, -0.05) is 0 Å². The highest BCUT2D eigenvalue weighted by Gasteiger charge is 2.41. The summed E-state index contributed by atoms with van der Waals surface area (Å²) in [6.45, 7) is 0.417. The van der Waals surface area contributed by atoms with Crippen molar-refractivity contribution in [2.45, 2.75) is 42.0 Å². The Balaban J connectivity index is 1.82. The first-order valence-electron chi connectivity index (χ1n) is 6.56. The second kappa shape index (κ2) is 5.40. The highest BCUT2D eigenvalue weighted by molar-refractivity contribution is 9.11. The summed E-state index contributed by atoms with van der Waals surface area (Å²) in [5.41, 5.74) is 0. The summed E-state index contributed by atoms with van der Waals surface area (Å²) in [5.74, 6) is -0.149. The van der Waals surface area contributed by atoms with Crippen LogP contribution in [0.2, 0.25) is 0 Å². The van der Waals surface area contributed by atoms with Crippen LogP contribution in [0.1, 0.15) is 25.7 Å². The van der Waals surface area contributed by atoms with E-state index < -0.39 is 16.1 Å². The molecule has 110 valence electrons. The largest absolute Gasteiger partial charge is 0.352 e. The van der Waals surface area contributed by atoms with E-state index in [1.807, 2.05) is 0 Å². The smallest absolute Gasteiger partial charge is 0.253 e. The van der Waals surface area contributed by atoms with Crippen molar-refractivity contribution in [3.05, 3.63) is 15.9 Å². The van der Waals surface area contributed by atoms with Crippen molar-refractivity contribution >= 4 is 43.2 Å². The molecule has 1 N–H and O–H groups in total. The van der Waals surface area contributed by atoms with Crippen molar-refractivity contribution in [2.75, 3.05) is 6.54 Å². The van der Waals surface area contributed by atoms with E-state index in [0.717, 1.165) is 23.0 Å². The van der Waals surface area contributed by atoms with E-state index in [0.29, 0.717) is 13.0 Å². The molecule has 5 nitrogen and oxygen atoms in total. The molecule has 1 aromatic heterocycles. The number of amides is 1. The third-order valence-corrected chi connectivity index (χ3v) is 7.54. The van der Waals surface area contributed by atoms with Gasteiger partial charge in [0.15, 0.2) is 0 Å². The fourth-order valence-corrected chi connectivity index (χ4v) is 6.16. The van der Waals surface area contributed by atoms with Gasteiger partial charge in [-0.3, -0.25) is 4.79 Å². The van der Waals surface area contributed by atoms with E-state index in [4.69, 9.17) is 0 Å². The molecule has 3 rings (SSSR count). The predicted octanol–water partition coefficient (Wildman–Crippen LogP) is 1.94. The lowest BCUT2D eigenvalue weighted by Crippen LogP contribution is -2.46. The number of carbonyl (C=O) groups excluding carboxylic acids is 1. The number of hydrogen-bond donors (Lipinski definition) is 1. The number of nitrogens with one attached hydrogen (secondary N) is 1. The molecule has 2 aliphatic rings. The molecule has 0 radical (unpaired) electrons. The van der Waals surface area contributed by atoms with Crippen LogP contribution >= 0.6 is 27.3 Å². The van der Waals surface area contributed by atoms with Crippen LogP contribution in [0.15, 0.2) is 20.1 Å². The van der Waals surface area contributed by atoms with Crippen LogP contribution in [0, 0.1) is 0 Å². The van der Waals surface area contributed by atoms with Gasteiger partial charge in [-0.05, 0) is 53.7 Å². The first kappa shape index (κ1) is 14.5. The van der Waals surface area contributed by atoms with E-state index in [9.17, 15) is 13.2 Å². The van der Waals surface area contributed by atoms with Gasteiger partial charge >= 0.3 is 0 Å². The Hall–Kier alpha value is -0.440. The van der Waals surface area contributed by atoms with Crippen molar-refractivity contribution in [3.63, 3.8) is 0 Å². The summed E-state index contributed by atoms with van der Waals surface area (Å²) in [6.07, 6.45) is 3.34. The fraction of sp³-hybridized carbons (Fsp3) is 0.583. The van der Waals surface area contributed by atoms with Gasteiger partial charge in [0.1, 0.15) is 10.3 Å². The normalized spacial score (nSPS) is 23.9. The first-order chi connectivity index (χ1) is 9.48. The Morgan fingerprint density at radius 1 is 1.35 bits per heavy atom. The number of thiophene rings is 1. The van der Waals surface area contributed by atoms with Gasteiger partial charge in [-0.15, -0.1) is 11.3 Å². The summed E-state index contributed by atoms with van der Waals surface area (Å²) < 4.78 is 27.6. The van der Waals surface area contributed by atoms with Gasteiger partial charge in [0, 0.05) is 12.6 Å². The molecule has 1 aliphatic heterocycles. The molecular weight excluding hydrogens is 364 g/mol. The second-order valence-corrected chi connectivity index (χ2v) is 9.70. The number of rotatable bonds is 4. The van der Waals surface area contributed by atoms with Crippen molar-refractivity contribution in [2.24, 2.45) is 0 Å². The second-order valence-electron chi connectivity index (χ2n) is 5.12. The lowest BCUT2D eigenvalue weighted by Gasteiger charge is -2.22. The van der Waals surface area contributed by atoms with Gasteiger partial charge in [0.2, 0.25) is 5.91 Å². The SMILES string of the molecule is O=C(NC1CC1)C1CCCN1S(=O)(=O)c1ccc(Br)s1. The number of carbonyl (C=O) groups is 1. The molecule has 20 heavy (non-hydrogen) atoms. The highest BCUT2D eigenvalue weighted by atomic mass is 79.9. The van der Waals surface area contributed by atoms with Crippen LogP contribution in [-0.2, 0) is 14.8 Å². The van der Waals surface area contributed by atoms with E-state index in [1.165, 1.54) is 15.6 Å². The quantitative estimate of drug-likeness (QED) is 0.870. The number of nitrogens with zero attached hydrogens (tertiary/aromatic N) is 1. The third kappa shape index (κ3) is 2.79. The Kier molecular flexibility index (Phi) is 3.91. The van der Waals surface area contributed by atoms with Gasteiger partial charge in [0.05, 0.1) is 3.79 Å². The molecule has 1 atom stereocenters. The zero-order valence-electron chi connectivity index (χ0n) is 10.7. The highest BCUT2D eigenvalue weighted by Crippen LogP contribution is 2.32. The van der Waals surface area contributed by atoms with Crippen molar-refractivity contribution < 1.29 is 13.2 Å². The molecule has 8 heteroatoms. The van der Waals surface area contributed by atoms with E-state index in [-0.39, 0.29) is 16.2 Å². The lowest BCUT2D eigenvalue weighted by atomic mass is 10.2. The topological polar surface area (TPSA) is 66.5 Å². The van der Waals surface area contributed by atoms with Crippen molar-refractivity contribution in [3.8, 4) is 0 Å². The van der Waals surface area contributed by atoms with Crippen LogP contribution in [0.3, 0.4) is 0 Å². The molecule has 1 unspecified atom stereocenters. The number of sulfonamides is 1. The van der Waals surface area contributed by atoms with Crippen LogP contribution in [-0.4, -0.2) is 37.3 Å². The zero-order chi connectivity index (χ0) is 14.3. The maximum atomic E-state index is 12.6. The minimum atomic E-state index is -3.57. The molecule has 1 saturated heterocycles. The van der Waals surface area contributed by atoms with Crippen molar-refractivity contribution in [1.29, 1.82) is 0 Å². The molecule has 2 heterocycles. The van der Waals surface area contributed by atoms with Crippen LogP contribution in [0.25, 0.3) is 0 Å². The van der Waals surface area contributed by atoms with Crippen LogP contribution in [0.4, 0.5) is 0 Å². The Morgan fingerprint density at radius 3 is 2.70 bits per heavy atom. The van der Waals surface area contributed by atoms with E-state index in [1.54, 1.807) is 12.1 Å². The zero-order valence-corrected chi connectivity index (χ0v) is 13.9. The summed E-state index contributed by atoms with van der Waals surface area (Å²) >= 11 is 4.45. The van der Waals surface area contributed by atoms with Gasteiger partial charge in [-0.2, -0.15) is 4.31 Å². The Morgan fingerprint density at radius 2 is 2.10 bits per heavy atom. The fourth-order valence-electron chi connectivity index (χ4n) is 2.37.